The summed E-state index contributed by atoms with van der Waals surface area (Å²) < 4.78 is 0. The van der Waals surface area contributed by atoms with E-state index in [1.807, 2.05) is 0 Å². The van der Waals surface area contributed by atoms with E-state index in [1.54, 1.807) is 0 Å². The van der Waals surface area contributed by atoms with Crippen molar-refractivity contribution >= 4 is 0 Å². The number of aliphatic hydroxyl groups is 1. The van der Waals surface area contributed by atoms with Gasteiger partial charge in [-0.25, -0.2) is 0 Å². The average molecular weight is 213 g/mol. The molecule has 0 bridgehead atoms. The van der Waals surface area contributed by atoms with Crippen LogP contribution >= 0.6 is 0 Å². The van der Waals surface area contributed by atoms with E-state index in [0.717, 1.165) is 13.1 Å². The van der Waals surface area contributed by atoms with Gasteiger partial charge in [-0.15, -0.1) is 0 Å². The molecule has 0 spiro atoms. The fourth-order valence-corrected chi connectivity index (χ4v) is 2.65. The lowest BCUT2D eigenvalue weighted by Gasteiger charge is -2.43. The minimum absolute atomic E-state index is 0.0709. The zero-order chi connectivity index (χ0) is 11.5. The summed E-state index contributed by atoms with van der Waals surface area (Å²) in [6.07, 6.45) is 5.05. The van der Waals surface area contributed by atoms with Crippen molar-refractivity contribution in [1.82, 2.24) is 4.90 Å². The van der Waals surface area contributed by atoms with E-state index in [2.05, 4.69) is 32.6 Å². The number of likely N-dealkylation sites (tertiary alicyclic amines) is 1. The highest BCUT2D eigenvalue weighted by molar-refractivity contribution is 4.90. The Morgan fingerprint density at radius 1 is 1.00 bits per heavy atom. The largest absolute Gasteiger partial charge is 0.391 e. The molecule has 0 radical (unpaired) electrons. The molecule has 0 amide bonds. The molecule has 0 aliphatic carbocycles. The van der Waals surface area contributed by atoms with Gasteiger partial charge in [0.2, 0.25) is 0 Å². The van der Waals surface area contributed by atoms with Crippen molar-refractivity contribution in [1.29, 1.82) is 0 Å². The Kier molecular flexibility index (Phi) is 4.60. The first kappa shape index (κ1) is 13.0. The quantitative estimate of drug-likeness (QED) is 0.779. The van der Waals surface area contributed by atoms with Gasteiger partial charge in [-0.05, 0) is 45.7 Å². The predicted octanol–water partition coefficient (Wildman–Crippen LogP) is 2.66. The van der Waals surface area contributed by atoms with E-state index in [0.29, 0.717) is 5.92 Å². The number of hydrogen-bond donors (Lipinski definition) is 1. The Labute approximate surface area is 94.7 Å². The van der Waals surface area contributed by atoms with E-state index in [-0.39, 0.29) is 11.6 Å². The molecular weight excluding hydrogens is 186 g/mol. The summed E-state index contributed by atoms with van der Waals surface area (Å²) in [4.78, 5) is 2.48. The van der Waals surface area contributed by atoms with Crippen LogP contribution in [0, 0.1) is 5.92 Å². The maximum atomic E-state index is 10.3. The third kappa shape index (κ3) is 3.18. The first-order valence-electron chi connectivity index (χ1n) is 6.39. The molecule has 1 heterocycles. The van der Waals surface area contributed by atoms with Crippen molar-refractivity contribution in [2.24, 2.45) is 5.92 Å². The van der Waals surface area contributed by atoms with Gasteiger partial charge in [-0.1, -0.05) is 26.7 Å². The van der Waals surface area contributed by atoms with E-state index in [1.165, 1.54) is 25.7 Å². The van der Waals surface area contributed by atoms with Crippen LogP contribution in [0.5, 0.6) is 0 Å². The molecule has 0 saturated carbocycles. The highest BCUT2D eigenvalue weighted by Crippen LogP contribution is 2.26. The van der Waals surface area contributed by atoms with Crippen LogP contribution in [0.2, 0.25) is 0 Å². The summed E-state index contributed by atoms with van der Waals surface area (Å²) in [5.41, 5.74) is -0.0709. The van der Waals surface area contributed by atoms with Gasteiger partial charge in [0.1, 0.15) is 0 Å². The van der Waals surface area contributed by atoms with Crippen molar-refractivity contribution in [3.05, 3.63) is 0 Å². The minimum atomic E-state index is -0.226. The van der Waals surface area contributed by atoms with E-state index in [4.69, 9.17) is 0 Å². The van der Waals surface area contributed by atoms with Gasteiger partial charge in [-0.2, -0.15) is 0 Å². The molecule has 2 heteroatoms. The van der Waals surface area contributed by atoms with Gasteiger partial charge >= 0.3 is 0 Å². The van der Waals surface area contributed by atoms with Gasteiger partial charge in [-0.3, -0.25) is 4.90 Å². The zero-order valence-corrected chi connectivity index (χ0v) is 10.8. The van der Waals surface area contributed by atoms with E-state index < -0.39 is 0 Å². The minimum Gasteiger partial charge on any atom is -0.391 e. The van der Waals surface area contributed by atoms with Crippen LogP contribution in [0.25, 0.3) is 0 Å². The van der Waals surface area contributed by atoms with Crippen molar-refractivity contribution in [3.63, 3.8) is 0 Å². The molecule has 0 aromatic rings. The van der Waals surface area contributed by atoms with Crippen molar-refractivity contribution in [2.45, 2.75) is 65.0 Å². The molecular formula is C13H27NO. The summed E-state index contributed by atoms with van der Waals surface area (Å²) in [6, 6.07) is 0. The third-order valence-corrected chi connectivity index (χ3v) is 3.78. The average Bonchev–Trinajstić information content (AvgIpc) is 2.44. The maximum absolute atomic E-state index is 10.3. The normalized spacial score (nSPS) is 22.8. The second-order valence-corrected chi connectivity index (χ2v) is 5.74. The lowest BCUT2D eigenvalue weighted by molar-refractivity contribution is -0.0330. The molecule has 2 nitrogen and oxygen atoms in total. The second kappa shape index (κ2) is 5.31. The smallest absolute Gasteiger partial charge is 0.0741 e. The summed E-state index contributed by atoms with van der Waals surface area (Å²) >= 11 is 0. The van der Waals surface area contributed by atoms with Crippen molar-refractivity contribution in [2.75, 3.05) is 13.1 Å². The highest BCUT2D eigenvalue weighted by Gasteiger charge is 2.35. The molecule has 15 heavy (non-hydrogen) atoms. The van der Waals surface area contributed by atoms with Crippen LogP contribution in [0.15, 0.2) is 0 Å². The SMILES string of the molecule is CC(C)C(O)C(C)(C)N1CCCCCC1. The third-order valence-electron chi connectivity index (χ3n) is 3.78. The van der Waals surface area contributed by atoms with Crippen LogP contribution in [0.3, 0.4) is 0 Å². The van der Waals surface area contributed by atoms with E-state index in [9.17, 15) is 5.11 Å². The topological polar surface area (TPSA) is 23.5 Å². The molecule has 1 N–H and O–H groups in total. The van der Waals surface area contributed by atoms with Crippen molar-refractivity contribution < 1.29 is 5.11 Å². The van der Waals surface area contributed by atoms with Crippen LogP contribution in [0.1, 0.15) is 53.4 Å². The molecule has 1 unspecified atom stereocenters. The first-order valence-corrected chi connectivity index (χ1v) is 6.39. The van der Waals surface area contributed by atoms with Gasteiger partial charge in [0.05, 0.1) is 6.10 Å². The Bertz CT molecular complexity index is 181. The van der Waals surface area contributed by atoms with Crippen LogP contribution in [-0.2, 0) is 0 Å². The molecule has 1 saturated heterocycles. The standard InChI is InChI=1S/C13H27NO/c1-11(2)12(15)13(3,4)14-9-7-5-6-8-10-14/h11-12,15H,5-10H2,1-4H3. The molecule has 1 aliphatic rings. The molecule has 0 aromatic heterocycles. The molecule has 90 valence electrons. The Hall–Kier alpha value is -0.0800. The highest BCUT2D eigenvalue weighted by atomic mass is 16.3. The van der Waals surface area contributed by atoms with Crippen LogP contribution < -0.4 is 0 Å². The number of hydrogen-bond acceptors (Lipinski definition) is 2. The summed E-state index contributed by atoms with van der Waals surface area (Å²) in [5.74, 6) is 0.336. The van der Waals surface area contributed by atoms with Gasteiger partial charge < -0.3 is 5.11 Å². The summed E-state index contributed by atoms with van der Waals surface area (Å²) in [6.45, 7) is 10.9. The van der Waals surface area contributed by atoms with Gasteiger partial charge in [0.25, 0.3) is 0 Å². The van der Waals surface area contributed by atoms with Crippen LogP contribution in [0.4, 0.5) is 0 Å². The second-order valence-electron chi connectivity index (χ2n) is 5.74. The maximum Gasteiger partial charge on any atom is 0.0741 e. The fourth-order valence-electron chi connectivity index (χ4n) is 2.65. The Morgan fingerprint density at radius 2 is 1.47 bits per heavy atom. The molecule has 0 aromatic carbocycles. The summed E-state index contributed by atoms with van der Waals surface area (Å²) in [7, 11) is 0. The molecule has 1 rings (SSSR count). The molecule has 1 aliphatic heterocycles. The van der Waals surface area contributed by atoms with Gasteiger partial charge in [0.15, 0.2) is 0 Å². The van der Waals surface area contributed by atoms with Crippen molar-refractivity contribution in [3.8, 4) is 0 Å². The number of aliphatic hydroxyl groups excluding tert-OH is 1. The molecule has 1 fully saturated rings. The predicted molar refractivity (Wildman–Crippen MR) is 65.0 cm³/mol. The Morgan fingerprint density at radius 3 is 1.87 bits per heavy atom. The number of nitrogens with zero attached hydrogens (tertiary/aromatic N) is 1. The fraction of sp³-hybridized carbons (Fsp3) is 1.00. The first-order chi connectivity index (χ1) is 6.96. The zero-order valence-electron chi connectivity index (χ0n) is 10.8. The Balaban J connectivity index is 2.65. The van der Waals surface area contributed by atoms with E-state index >= 15 is 0 Å². The van der Waals surface area contributed by atoms with Gasteiger partial charge in [0, 0.05) is 5.54 Å². The number of rotatable bonds is 3. The molecule has 1 atom stereocenters. The van der Waals surface area contributed by atoms with Crippen LogP contribution in [-0.4, -0.2) is 34.7 Å². The lowest BCUT2D eigenvalue weighted by atomic mass is 9.87. The summed E-state index contributed by atoms with van der Waals surface area (Å²) in [5, 5.41) is 10.3. The monoisotopic (exact) mass is 213 g/mol. The lowest BCUT2D eigenvalue weighted by Crippen LogP contribution is -2.54.